The van der Waals surface area contributed by atoms with E-state index in [1.54, 1.807) is 12.1 Å². The lowest BCUT2D eigenvalue weighted by Gasteiger charge is -1.95. The summed E-state index contributed by atoms with van der Waals surface area (Å²) in [6.45, 7) is 1.87. The van der Waals surface area contributed by atoms with Crippen LogP contribution in [0.1, 0.15) is 5.56 Å². The lowest BCUT2D eigenvalue weighted by atomic mass is 10.3. The van der Waals surface area contributed by atoms with E-state index in [0.29, 0.717) is 0 Å². The first kappa shape index (κ1) is 9.04. The van der Waals surface area contributed by atoms with E-state index in [0.717, 1.165) is 10.3 Å². The average Bonchev–Trinajstić information content (AvgIpc) is 1.80. The highest BCUT2D eigenvalue weighted by Crippen LogP contribution is 1.86. The molecular weight excluding hydrogens is 152 g/mol. The number of aromatic nitrogens is 1. The van der Waals surface area contributed by atoms with Gasteiger partial charge in [-0.25, -0.2) is 0 Å². The number of aryl methyl sites for hydroxylation is 1. The number of hydrogen-bond acceptors (Lipinski definition) is 2. The van der Waals surface area contributed by atoms with Crippen molar-refractivity contribution < 1.29 is 5.21 Å². The first-order chi connectivity index (χ1) is 4.20. The van der Waals surface area contributed by atoms with E-state index in [2.05, 4.69) is 0 Å². The summed E-state index contributed by atoms with van der Waals surface area (Å²) in [7, 11) is 0. The van der Waals surface area contributed by atoms with Crippen LogP contribution in [0.5, 0.6) is 0 Å². The van der Waals surface area contributed by atoms with Gasteiger partial charge in [0.1, 0.15) is 0 Å². The van der Waals surface area contributed by atoms with Crippen LogP contribution in [0, 0.1) is 12.3 Å². The Morgan fingerprint density at radius 1 is 1.60 bits per heavy atom. The van der Waals surface area contributed by atoms with Crippen LogP contribution in [0.4, 0.5) is 0 Å². The van der Waals surface area contributed by atoms with Crippen molar-refractivity contribution in [2.75, 3.05) is 0 Å². The molecule has 0 spiro atoms. The van der Waals surface area contributed by atoms with Gasteiger partial charge in [0.15, 0.2) is 5.49 Å². The molecule has 0 aromatic carbocycles. The van der Waals surface area contributed by atoms with E-state index in [1.807, 2.05) is 6.92 Å². The molecule has 0 saturated heterocycles. The fraction of sp³-hybridized carbons (Fsp3) is 0.167. The highest BCUT2D eigenvalue weighted by atomic mass is 35.5. The summed E-state index contributed by atoms with van der Waals surface area (Å²) in [6, 6.07) is 3.32. The third-order valence-electron chi connectivity index (χ3n) is 1.09. The maximum Gasteiger partial charge on any atom is 0.160 e. The molecule has 1 aromatic rings. The van der Waals surface area contributed by atoms with Crippen LogP contribution in [0.15, 0.2) is 18.3 Å². The first-order valence-electron chi connectivity index (χ1n) is 2.63. The van der Waals surface area contributed by atoms with Gasteiger partial charge >= 0.3 is 0 Å². The number of pyridine rings is 1. The predicted molar refractivity (Wildman–Crippen MR) is 39.5 cm³/mol. The van der Waals surface area contributed by atoms with Crippen molar-refractivity contribution in [1.29, 1.82) is 5.41 Å². The molecule has 0 radical (unpaired) electrons. The minimum atomic E-state index is 0. The Morgan fingerprint density at radius 3 is 2.60 bits per heavy atom. The number of rotatable bonds is 0. The Kier molecular flexibility index (Phi) is 2.96. The number of nitrogens with one attached hydrogen (secondary N) is 1. The topological polar surface area (TPSA) is 49.0 Å². The summed E-state index contributed by atoms with van der Waals surface area (Å²) in [4.78, 5) is 0. The van der Waals surface area contributed by atoms with E-state index >= 15 is 0 Å². The SMILES string of the molecule is Cc1ccn(O)c(=N)c1.Cl. The summed E-state index contributed by atoms with van der Waals surface area (Å²) in [6.07, 6.45) is 1.44. The van der Waals surface area contributed by atoms with E-state index in [-0.39, 0.29) is 17.9 Å². The first-order valence-corrected chi connectivity index (χ1v) is 2.63. The fourth-order valence-electron chi connectivity index (χ4n) is 0.598. The van der Waals surface area contributed by atoms with Crippen LogP contribution >= 0.6 is 12.4 Å². The smallest absolute Gasteiger partial charge is 0.160 e. The number of nitrogens with zero attached hydrogens (tertiary/aromatic N) is 1. The van der Waals surface area contributed by atoms with Crippen molar-refractivity contribution in [2.24, 2.45) is 0 Å². The maximum atomic E-state index is 8.77. The zero-order chi connectivity index (χ0) is 6.85. The van der Waals surface area contributed by atoms with Crippen molar-refractivity contribution in [3.8, 4) is 0 Å². The van der Waals surface area contributed by atoms with Gasteiger partial charge in [0.05, 0.1) is 0 Å². The van der Waals surface area contributed by atoms with Gasteiger partial charge in [-0.15, -0.1) is 12.4 Å². The third kappa shape index (κ3) is 1.77. The molecule has 1 rings (SSSR count). The molecule has 10 heavy (non-hydrogen) atoms. The van der Waals surface area contributed by atoms with Crippen molar-refractivity contribution in [3.05, 3.63) is 29.4 Å². The highest BCUT2D eigenvalue weighted by Gasteiger charge is 1.85. The minimum absolute atomic E-state index is 0. The largest absolute Gasteiger partial charge is 0.427 e. The standard InChI is InChI=1S/C6H8N2O.ClH/c1-5-2-3-8(9)6(7)4-5;/h2-4,7,9H,1H3;1H. The fourth-order valence-corrected chi connectivity index (χ4v) is 0.598. The molecule has 0 unspecified atom stereocenters. The van der Waals surface area contributed by atoms with Crippen molar-refractivity contribution >= 4 is 12.4 Å². The lowest BCUT2D eigenvalue weighted by molar-refractivity contribution is 0.170. The summed E-state index contributed by atoms with van der Waals surface area (Å²) < 4.78 is 0.771. The van der Waals surface area contributed by atoms with Crippen LogP contribution < -0.4 is 5.49 Å². The second-order valence-electron chi connectivity index (χ2n) is 1.93. The molecule has 0 aliphatic carbocycles. The molecular formula is C6H9ClN2O. The van der Waals surface area contributed by atoms with E-state index in [9.17, 15) is 0 Å². The molecule has 1 aromatic heterocycles. The van der Waals surface area contributed by atoms with Crippen LogP contribution in [0.3, 0.4) is 0 Å². The molecule has 0 amide bonds. The molecule has 0 bridgehead atoms. The molecule has 0 fully saturated rings. The third-order valence-corrected chi connectivity index (χ3v) is 1.09. The highest BCUT2D eigenvalue weighted by molar-refractivity contribution is 5.85. The van der Waals surface area contributed by atoms with Crippen LogP contribution in [-0.2, 0) is 0 Å². The second kappa shape index (κ2) is 3.27. The normalized spacial score (nSPS) is 8.50. The molecule has 0 atom stereocenters. The van der Waals surface area contributed by atoms with Crippen LogP contribution in [-0.4, -0.2) is 9.94 Å². The zero-order valence-corrected chi connectivity index (χ0v) is 6.35. The van der Waals surface area contributed by atoms with Crippen molar-refractivity contribution in [2.45, 2.75) is 6.92 Å². The molecule has 4 heteroatoms. The van der Waals surface area contributed by atoms with Gasteiger partial charge in [-0.1, -0.05) is 0 Å². The Morgan fingerprint density at radius 2 is 2.20 bits per heavy atom. The van der Waals surface area contributed by atoms with Gasteiger partial charge in [0.2, 0.25) is 0 Å². The van der Waals surface area contributed by atoms with Crippen molar-refractivity contribution in [1.82, 2.24) is 4.73 Å². The number of hydrogen-bond donors (Lipinski definition) is 2. The van der Waals surface area contributed by atoms with Gasteiger partial charge in [-0.3, -0.25) is 5.41 Å². The van der Waals surface area contributed by atoms with Gasteiger partial charge in [0, 0.05) is 6.20 Å². The number of halogens is 1. The van der Waals surface area contributed by atoms with Gasteiger partial charge in [-0.2, -0.15) is 4.73 Å². The van der Waals surface area contributed by atoms with E-state index < -0.39 is 0 Å². The summed E-state index contributed by atoms with van der Waals surface area (Å²) in [5.41, 5.74) is 1.08. The minimum Gasteiger partial charge on any atom is -0.427 e. The molecule has 1 heterocycles. The molecule has 3 nitrogen and oxygen atoms in total. The van der Waals surface area contributed by atoms with Gasteiger partial charge in [-0.05, 0) is 24.6 Å². The van der Waals surface area contributed by atoms with Crippen molar-refractivity contribution in [3.63, 3.8) is 0 Å². The van der Waals surface area contributed by atoms with Gasteiger partial charge in [0.25, 0.3) is 0 Å². The van der Waals surface area contributed by atoms with Crippen LogP contribution in [0.2, 0.25) is 0 Å². The van der Waals surface area contributed by atoms with Gasteiger partial charge < -0.3 is 5.21 Å². The summed E-state index contributed by atoms with van der Waals surface area (Å²) >= 11 is 0. The molecule has 0 saturated carbocycles. The Balaban J connectivity index is 0.000000810. The lowest BCUT2D eigenvalue weighted by Crippen LogP contribution is -2.15. The van der Waals surface area contributed by atoms with E-state index in [4.69, 9.17) is 10.6 Å². The second-order valence-corrected chi connectivity index (χ2v) is 1.93. The zero-order valence-electron chi connectivity index (χ0n) is 5.53. The predicted octanol–water partition coefficient (Wildman–Crippen LogP) is 0.935. The summed E-state index contributed by atoms with van der Waals surface area (Å²) in [5.74, 6) is 0. The Bertz CT molecular complexity index is 269. The van der Waals surface area contributed by atoms with Crippen LogP contribution in [0.25, 0.3) is 0 Å². The summed E-state index contributed by atoms with van der Waals surface area (Å²) in [5, 5.41) is 15.8. The monoisotopic (exact) mass is 160 g/mol. The van der Waals surface area contributed by atoms with E-state index in [1.165, 1.54) is 6.20 Å². The quantitative estimate of drug-likeness (QED) is 0.546. The Hall–Kier alpha value is -0.960. The molecule has 2 N–H and O–H groups in total. The molecule has 56 valence electrons. The molecule has 0 aliphatic rings. The maximum absolute atomic E-state index is 8.77. The average molecular weight is 161 g/mol. The Labute approximate surface area is 64.8 Å². The molecule has 0 aliphatic heterocycles.